The van der Waals surface area contributed by atoms with Crippen molar-refractivity contribution < 1.29 is 0 Å². The van der Waals surface area contributed by atoms with Crippen molar-refractivity contribution in [1.29, 1.82) is 0 Å². The van der Waals surface area contributed by atoms with Gasteiger partial charge in [0.25, 0.3) is 0 Å². The Hall–Kier alpha value is -1.22. The molecule has 0 aromatic heterocycles. The molecule has 1 aromatic rings. The van der Waals surface area contributed by atoms with Crippen molar-refractivity contribution in [2.75, 3.05) is 0 Å². The molecule has 0 saturated carbocycles. The molecule has 16 heavy (non-hydrogen) atoms. The summed E-state index contributed by atoms with van der Waals surface area (Å²) in [6.45, 7) is 4.37. The quantitative estimate of drug-likeness (QED) is 0.610. The van der Waals surface area contributed by atoms with E-state index in [1.165, 1.54) is 30.4 Å². The Kier molecular flexibility index (Phi) is 5.72. The highest BCUT2D eigenvalue weighted by Crippen LogP contribution is 2.21. The molecule has 0 bridgehead atoms. The van der Waals surface area contributed by atoms with Crippen LogP contribution in [-0.2, 0) is 6.42 Å². The monoisotopic (exact) mass is 213 g/mol. The molecule has 0 saturated heterocycles. The van der Waals surface area contributed by atoms with E-state index in [0.29, 0.717) is 0 Å². The van der Waals surface area contributed by atoms with Gasteiger partial charge in [0.05, 0.1) is 0 Å². The zero-order chi connectivity index (χ0) is 11.8. The van der Waals surface area contributed by atoms with Crippen LogP contribution in [0.25, 0.3) is 0 Å². The van der Waals surface area contributed by atoms with Crippen molar-refractivity contribution in [3.8, 4) is 5.92 Å². The fourth-order valence-corrected chi connectivity index (χ4v) is 1.91. The first-order valence-corrected chi connectivity index (χ1v) is 6.32. The summed E-state index contributed by atoms with van der Waals surface area (Å²) in [6.07, 6.45) is 13.1. The maximum Gasteiger partial charge on any atom is 0.0462 e. The molecule has 0 spiro atoms. The molecule has 0 amide bonds. The first-order chi connectivity index (χ1) is 7.81. The lowest BCUT2D eigenvalue weighted by Crippen LogP contribution is -1.95. The third-order valence-corrected chi connectivity index (χ3v) is 2.95. The van der Waals surface area contributed by atoms with Crippen LogP contribution >= 0.6 is 0 Å². The minimum Gasteiger partial charge on any atom is -0.0809 e. The number of aryl methyl sites for hydroxylation is 1. The normalized spacial score (nSPS) is 12.1. The molecule has 0 N–H and O–H groups in total. The third kappa shape index (κ3) is 3.74. The second kappa shape index (κ2) is 7.12. The van der Waals surface area contributed by atoms with E-state index < -0.39 is 0 Å². The Labute approximate surface area is 100 Å². The average Bonchev–Trinajstić information content (AvgIpc) is 2.34. The van der Waals surface area contributed by atoms with Gasteiger partial charge in [-0.05, 0) is 36.8 Å². The number of hydrogen-bond acceptors (Lipinski definition) is 0. The topological polar surface area (TPSA) is 0 Å². The first kappa shape index (κ1) is 12.8. The molecule has 1 rings (SSSR count). The van der Waals surface area contributed by atoms with E-state index in [4.69, 9.17) is 6.42 Å². The minimum absolute atomic E-state index is 0.185. The number of hydrogen-bond donors (Lipinski definition) is 0. The summed E-state index contributed by atoms with van der Waals surface area (Å²) in [7, 11) is 0. The van der Waals surface area contributed by atoms with Gasteiger partial charge >= 0.3 is 0 Å². The van der Waals surface area contributed by atoms with E-state index in [2.05, 4.69) is 44.0 Å². The predicted molar refractivity (Wildman–Crippen MR) is 69.8 cm³/mol. The first-order valence-electron chi connectivity index (χ1n) is 6.32. The second-order valence-corrected chi connectivity index (χ2v) is 4.33. The van der Waals surface area contributed by atoms with E-state index in [0.717, 1.165) is 12.8 Å². The number of unbranched alkanes of at least 4 members (excludes halogenated alkanes) is 1. The fourth-order valence-electron chi connectivity index (χ4n) is 1.91. The summed E-state index contributed by atoms with van der Waals surface area (Å²) in [5.41, 5.74) is 2.64. The van der Waals surface area contributed by atoms with Crippen LogP contribution in [0, 0.1) is 12.3 Å². The van der Waals surface area contributed by atoms with Gasteiger partial charge < -0.3 is 0 Å². The molecule has 1 unspecified atom stereocenters. The van der Waals surface area contributed by atoms with Crippen molar-refractivity contribution >= 4 is 0 Å². The Morgan fingerprint density at radius 3 is 2.31 bits per heavy atom. The molecule has 0 nitrogen and oxygen atoms in total. The maximum absolute atomic E-state index is 7.32. The Morgan fingerprint density at radius 1 is 1.12 bits per heavy atom. The lowest BCUT2D eigenvalue weighted by atomic mass is 9.94. The Balaban J connectivity index is 2.66. The van der Waals surface area contributed by atoms with Crippen LogP contribution in [-0.4, -0.2) is 0 Å². The van der Waals surface area contributed by atoms with Gasteiger partial charge in [-0.1, -0.05) is 56.9 Å². The molecular formula is C16H21. The molecule has 0 heteroatoms. The second-order valence-electron chi connectivity index (χ2n) is 4.33. The standard InChI is InChI=1S/C16H21/c1-4-7-9-14-10-12-16(13-11-14)15(6-3)8-5-2/h10-13,15H,4-5,7-9H2,1-2H3. The SMILES string of the molecule is [C]#CC(CCC)c1ccc(CCCC)cc1. The van der Waals surface area contributed by atoms with Crippen molar-refractivity contribution in [3.63, 3.8) is 0 Å². The zero-order valence-electron chi connectivity index (χ0n) is 10.4. The van der Waals surface area contributed by atoms with E-state index in [1.54, 1.807) is 0 Å². The highest BCUT2D eigenvalue weighted by atomic mass is 14.1. The molecule has 0 aliphatic carbocycles. The van der Waals surface area contributed by atoms with Crippen LogP contribution in [0.5, 0.6) is 0 Å². The highest BCUT2D eigenvalue weighted by Gasteiger charge is 2.06. The summed E-state index contributed by atoms with van der Waals surface area (Å²) in [4.78, 5) is 0. The van der Waals surface area contributed by atoms with Crippen LogP contribution in [0.3, 0.4) is 0 Å². The van der Waals surface area contributed by atoms with E-state index >= 15 is 0 Å². The number of benzene rings is 1. The van der Waals surface area contributed by atoms with E-state index in [-0.39, 0.29) is 5.92 Å². The highest BCUT2D eigenvalue weighted by molar-refractivity contribution is 5.29. The molecule has 0 fully saturated rings. The maximum atomic E-state index is 7.32. The molecule has 1 radical (unpaired) electrons. The molecule has 0 heterocycles. The van der Waals surface area contributed by atoms with E-state index in [1.807, 2.05) is 0 Å². The molecule has 1 aromatic carbocycles. The Morgan fingerprint density at radius 2 is 1.81 bits per heavy atom. The molecule has 85 valence electrons. The van der Waals surface area contributed by atoms with Gasteiger partial charge in [0.15, 0.2) is 0 Å². The summed E-state index contributed by atoms with van der Waals surface area (Å²) in [5.74, 6) is 2.82. The van der Waals surface area contributed by atoms with Gasteiger partial charge in [0.2, 0.25) is 0 Å². The van der Waals surface area contributed by atoms with Gasteiger partial charge in [-0.25, -0.2) is 0 Å². The average molecular weight is 213 g/mol. The van der Waals surface area contributed by atoms with Crippen molar-refractivity contribution in [2.24, 2.45) is 0 Å². The van der Waals surface area contributed by atoms with Gasteiger partial charge in [-0.3, -0.25) is 0 Å². The van der Waals surface area contributed by atoms with Crippen molar-refractivity contribution in [2.45, 2.75) is 51.9 Å². The molecular weight excluding hydrogens is 192 g/mol. The van der Waals surface area contributed by atoms with Gasteiger partial charge in [0, 0.05) is 5.92 Å². The fraction of sp³-hybridized carbons (Fsp3) is 0.500. The summed E-state index contributed by atoms with van der Waals surface area (Å²) in [5, 5.41) is 0. The summed E-state index contributed by atoms with van der Waals surface area (Å²) >= 11 is 0. The smallest absolute Gasteiger partial charge is 0.0462 e. The predicted octanol–water partition coefficient (Wildman–Crippen LogP) is 4.50. The van der Waals surface area contributed by atoms with Crippen LogP contribution in [0.4, 0.5) is 0 Å². The van der Waals surface area contributed by atoms with Crippen LogP contribution < -0.4 is 0 Å². The lowest BCUT2D eigenvalue weighted by Gasteiger charge is -2.10. The van der Waals surface area contributed by atoms with Crippen molar-refractivity contribution in [1.82, 2.24) is 0 Å². The zero-order valence-corrected chi connectivity index (χ0v) is 10.4. The molecule has 0 aliphatic heterocycles. The van der Waals surface area contributed by atoms with E-state index in [9.17, 15) is 0 Å². The number of rotatable bonds is 6. The van der Waals surface area contributed by atoms with Gasteiger partial charge in [-0.2, -0.15) is 0 Å². The van der Waals surface area contributed by atoms with Crippen LogP contribution in [0.15, 0.2) is 24.3 Å². The molecule has 0 aliphatic rings. The van der Waals surface area contributed by atoms with Gasteiger partial charge in [-0.15, -0.1) is 0 Å². The Bertz CT molecular complexity index is 326. The third-order valence-electron chi connectivity index (χ3n) is 2.95. The minimum atomic E-state index is 0.185. The molecule has 1 atom stereocenters. The van der Waals surface area contributed by atoms with Crippen molar-refractivity contribution in [3.05, 3.63) is 41.8 Å². The summed E-state index contributed by atoms with van der Waals surface area (Å²) < 4.78 is 0. The lowest BCUT2D eigenvalue weighted by molar-refractivity contribution is 0.732. The largest absolute Gasteiger partial charge is 0.0809 e. The van der Waals surface area contributed by atoms with Crippen LogP contribution in [0.1, 0.15) is 56.6 Å². The van der Waals surface area contributed by atoms with Gasteiger partial charge in [0.1, 0.15) is 0 Å². The van der Waals surface area contributed by atoms with Crippen LogP contribution in [0.2, 0.25) is 0 Å². The summed E-state index contributed by atoms with van der Waals surface area (Å²) in [6, 6.07) is 8.72.